The third-order valence-corrected chi connectivity index (χ3v) is 4.87. The van der Waals surface area contributed by atoms with Gasteiger partial charge in [0.2, 0.25) is 0 Å². The Kier molecular flexibility index (Phi) is 5.65. The molecule has 0 radical (unpaired) electrons. The second-order valence-corrected chi connectivity index (χ2v) is 6.87. The van der Waals surface area contributed by atoms with Gasteiger partial charge in [-0.3, -0.25) is 4.79 Å². The van der Waals surface area contributed by atoms with Crippen LogP contribution < -0.4 is 5.32 Å². The first kappa shape index (κ1) is 18.1. The lowest BCUT2D eigenvalue weighted by Crippen LogP contribution is -2.20. The number of anilines is 1. The zero-order valence-corrected chi connectivity index (χ0v) is 15.4. The van der Waals surface area contributed by atoms with Crippen LogP contribution in [-0.4, -0.2) is 23.5 Å². The summed E-state index contributed by atoms with van der Waals surface area (Å²) in [6, 6.07) is 16.2. The lowest BCUT2D eigenvalue weighted by atomic mass is 10.2. The van der Waals surface area contributed by atoms with Gasteiger partial charge in [-0.25, -0.2) is 9.78 Å². The molecule has 3 rings (SSSR count). The molecule has 1 amide bonds. The second-order valence-electron chi connectivity index (χ2n) is 5.43. The number of aromatic nitrogens is 1. The van der Waals surface area contributed by atoms with Crippen LogP contribution in [0.5, 0.6) is 0 Å². The van der Waals surface area contributed by atoms with E-state index in [1.165, 1.54) is 11.3 Å². The quantitative estimate of drug-likeness (QED) is 0.652. The summed E-state index contributed by atoms with van der Waals surface area (Å²) >= 11 is 7.20. The summed E-state index contributed by atoms with van der Waals surface area (Å²) < 4.78 is 5.11. The van der Waals surface area contributed by atoms with Crippen molar-refractivity contribution >= 4 is 40.5 Å². The molecule has 132 valence electrons. The molecule has 26 heavy (non-hydrogen) atoms. The van der Waals surface area contributed by atoms with Crippen LogP contribution in [-0.2, 0) is 9.53 Å². The second kappa shape index (κ2) is 8.12. The molecule has 0 bridgehead atoms. The highest BCUT2D eigenvalue weighted by atomic mass is 35.5. The standard InChI is InChI=1S/C19H15ClN2O3S/c1-12-17(26-18(21-12)13-6-5-7-14(20)10-13)19(24)25-11-16(23)22-15-8-3-2-4-9-15/h2-10H,11H2,1H3,(H,22,23). The fourth-order valence-corrected chi connectivity index (χ4v) is 3.39. The zero-order valence-electron chi connectivity index (χ0n) is 13.9. The maximum absolute atomic E-state index is 12.3. The van der Waals surface area contributed by atoms with Gasteiger partial charge in [-0.15, -0.1) is 11.3 Å². The number of aryl methyl sites for hydroxylation is 1. The number of amides is 1. The van der Waals surface area contributed by atoms with Gasteiger partial charge < -0.3 is 10.1 Å². The molecule has 1 aromatic heterocycles. The van der Waals surface area contributed by atoms with Gasteiger partial charge in [0.05, 0.1) is 5.69 Å². The summed E-state index contributed by atoms with van der Waals surface area (Å²) in [5.74, 6) is -0.974. The van der Waals surface area contributed by atoms with Crippen molar-refractivity contribution < 1.29 is 14.3 Å². The van der Waals surface area contributed by atoms with Crippen molar-refractivity contribution in [3.8, 4) is 10.6 Å². The highest BCUT2D eigenvalue weighted by molar-refractivity contribution is 7.17. The number of carbonyl (C=O) groups excluding carboxylic acids is 2. The Hall–Kier alpha value is -2.70. The molecule has 3 aromatic rings. The number of carbonyl (C=O) groups is 2. The minimum Gasteiger partial charge on any atom is -0.451 e. The number of nitrogens with zero attached hydrogens (tertiary/aromatic N) is 1. The number of esters is 1. The molecule has 0 spiro atoms. The summed E-state index contributed by atoms with van der Waals surface area (Å²) in [5, 5.41) is 3.92. The molecule has 0 atom stereocenters. The number of hydrogen-bond donors (Lipinski definition) is 1. The largest absolute Gasteiger partial charge is 0.451 e. The Labute approximate surface area is 159 Å². The number of benzene rings is 2. The van der Waals surface area contributed by atoms with Crippen LogP contribution in [0.3, 0.4) is 0 Å². The summed E-state index contributed by atoms with van der Waals surface area (Å²) in [5.41, 5.74) is 2.02. The highest BCUT2D eigenvalue weighted by Gasteiger charge is 2.18. The molecule has 0 aliphatic heterocycles. The molecule has 0 aliphatic rings. The zero-order chi connectivity index (χ0) is 18.5. The summed E-state index contributed by atoms with van der Waals surface area (Å²) in [7, 11) is 0. The molecular weight excluding hydrogens is 372 g/mol. The lowest BCUT2D eigenvalue weighted by Gasteiger charge is -2.05. The van der Waals surface area contributed by atoms with E-state index in [1.807, 2.05) is 18.2 Å². The predicted molar refractivity (Wildman–Crippen MR) is 103 cm³/mol. The fourth-order valence-electron chi connectivity index (χ4n) is 2.25. The Bertz CT molecular complexity index is 941. The smallest absolute Gasteiger partial charge is 0.350 e. The van der Waals surface area contributed by atoms with Gasteiger partial charge in [0.1, 0.15) is 9.88 Å². The number of para-hydroxylation sites is 1. The van der Waals surface area contributed by atoms with Crippen molar-refractivity contribution in [1.82, 2.24) is 4.98 Å². The van der Waals surface area contributed by atoms with Gasteiger partial charge in [-0.05, 0) is 31.2 Å². The Morgan fingerprint density at radius 3 is 2.65 bits per heavy atom. The minimum atomic E-state index is -0.573. The van der Waals surface area contributed by atoms with Crippen LogP contribution in [0.4, 0.5) is 5.69 Å². The Morgan fingerprint density at radius 1 is 1.15 bits per heavy atom. The number of thiazole rings is 1. The number of nitrogens with one attached hydrogen (secondary N) is 1. The molecule has 1 N–H and O–H groups in total. The fraction of sp³-hybridized carbons (Fsp3) is 0.105. The number of ether oxygens (including phenoxy) is 1. The number of halogens is 1. The van der Waals surface area contributed by atoms with Gasteiger partial charge >= 0.3 is 5.97 Å². The summed E-state index contributed by atoms with van der Waals surface area (Å²) in [4.78, 5) is 28.9. The molecule has 2 aromatic carbocycles. The Morgan fingerprint density at radius 2 is 1.92 bits per heavy atom. The topological polar surface area (TPSA) is 68.3 Å². The van der Waals surface area contributed by atoms with Gasteiger partial charge in [-0.1, -0.05) is 41.9 Å². The maximum Gasteiger partial charge on any atom is 0.350 e. The molecule has 5 nitrogen and oxygen atoms in total. The molecular formula is C19H15ClN2O3S. The van der Waals surface area contributed by atoms with E-state index in [0.29, 0.717) is 26.3 Å². The first-order valence-electron chi connectivity index (χ1n) is 7.78. The first-order chi connectivity index (χ1) is 12.5. The van der Waals surface area contributed by atoms with Crippen LogP contribution in [0.25, 0.3) is 10.6 Å². The van der Waals surface area contributed by atoms with E-state index in [4.69, 9.17) is 16.3 Å². The van der Waals surface area contributed by atoms with Crippen molar-refractivity contribution in [1.29, 1.82) is 0 Å². The Balaban J connectivity index is 1.64. The summed E-state index contributed by atoms with van der Waals surface area (Å²) in [6.07, 6.45) is 0. The van der Waals surface area contributed by atoms with Crippen molar-refractivity contribution in [2.75, 3.05) is 11.9 Å². The SMILES string of the molecule is Cc1nc(-c2cccc(Cl)c2)sc1C(=O)OCC(=O)Nc1ccccc1. The normalized spacial score (nSPS) is 10.4. The van der Waals surface area contributed by atoms with Crippen LogP contribution in [0.1, 0.15) is 15.4 Å². The lowest BCUT2D eigenvalue weighted by molar-refractivity contribution is -0.119. The van der Waals surface area contributed by atoms with Crippen LogP contribution in [0.15, 0.2) is 54.6 Å². The molecule has 0 saturated carbocycles. The summed E-state index contributed by atoms with van der Waals surface area (Å²) in [6.45, 7) is 1.36. The van der Waals surface area contributed by atoms with Crippen molar-refractivity contribution in [3.05, 3.63) is 70.2 Å². The van der Waals surface area contributed by atoms with E-state index < -0.39 is 11.9 Å². The van der Waals surface area contributed by atoms with Gasteiger partial charge in [0, 0.05) is 16.3 Å². The van der Waals surface area contributed by atoms with Crippen LogP contribution in [0, 0.1) is 6.92 Å². The van der Waals surface area contributed by atoms with Gasteiger partial charge in [0.25, 0.3) is 5.91 Å². The number of rotatable bonds is 5. The van der Waals surface area contributed by atoms with Crippen LogP contribution >= 0.6 is 22.9 Å². The first-order valence-corrected chi connectivity index (χ1v) is 8.98. The molecule has 0 saturated heterocycles. The van der Waals surface area contributed by atoms with Crippen molar-refractivity contribution in [2.45, 2.75) is 6.92 Å². The van der Waals surface area contributed by atoms with E-state index in [9.17, 15) is 9.59 Å². The average molecular weight is 387 g/mol. The molecule has 0 fully saturated rings. The average Bonchev–Trinajstić information content (AvgIpc) is 3.02. The van der Waals surface area contributed by atoms with E-state index in [2.05, 4.69) is 10.3 Å². The third kappa shape index (κ3) is 4.47. The minimum absolute atomic E-state index is 0.364. The monoisotopic (exact) mass is 386 g/mol. The maximum atomic E-state index is 12.3. The van der Waals surface area contributed by atoms with E-state index >= 15 is 0 Å². The van der Waals surface area contributed by atoms with E-state index in [1.54, 1.807) is 43.3 Å². The van der Waals surface area contributed by atoms with Crippen molar-refractivity contribution in [2.24, 2.45) is 0 Å². The predicted octanol–water partition coefficient (Wildman–Crippen LogP) is 4.57. The van der Waals surface area contributed by atoms with Crippen LogP contribution in [0.2, 0.25) is 5.02 Å². The van der Waals surface area contributed by atoms with Gasteiger partial charge in [0.15, 0.2) is 6.61 Å². The van der Waals surface area contributed by atoms with E-state index in [-0.39, 0.29) is 6.61 Å². The molecule has 0 unspecified atom stereocenters. The van der Waals surface area contributed by atoms with E-state index in [0.717, 1.165) is 5.56 Å². The van der Waals surface area contributed by atoms with Crippen molar-refractivity contribution in [3.63, 3.8) is 0 Å². The van der Waals surface area contributed by atoms with Gasteiger partial charge in [-0.2, -0.15) is 0 Å². The third-order valence-electron chi connectivity index (χ3n) is 3.45. The molecule has 1 heterocycles. The number of hydrogen-bond acceptors (Lipinski definition) is 5. The molecule has 7 heteroatoms. The highest BCUT2D eigenvalue weighted by Crippen LogP contribution is 2.29. The molecule has 0 aliphatic carbocycles.